The lowest BCUT2D eigenvalue weighted by atomic mass is 10.1. The predicted octanol–water partition coefficient (Wildman–Crippen LogP) is 2.97. The molecular weight excluding hydrogens is 438 g/mol. The summed E-state index contributed by atoms with van der Waals surface area (Å²) in [5.41, 5.74) is 0.961. The van der Waals surface area contributed by atoms with Crippen LogP contribution < -0.4 is 9.80 Å². The van der Waals surface area contributed by atoms with Crippen LogP contribution in [0.2, 0.25) is 0 Å². The zero-order valence-electron chi connectivity index (χ0n) is 13.9. The van der Waals surface area contributed by atoms with Gasteiger partial charge >= 0.3 is 6.03 Å². The van der Waals surface area contributed by atoms with Crippen molar-refractivity contribution in [1.29, 1.82) is 0 Å². The fraction of sp³-hybridized carbons (Fsp3) is 0.235. The Bertz CT molecular complexity index is 1020. The first-order valence-electron chi connectivity index (χ1n) is 8.10. The lowest BCUT2D eigenvalue weighted by Gasteiger charge is -2.22. The largest absolute Gasteiger partial charge is 0.329 e. The van der Waals surface area contributed by atoms with Crippen LogP contribution in [0.4, 0.5) is 21.9 Å². The second-order valence-electron chi connectivity index (χ2n) is 6.48. The number of non-ortho nitro benzene ring substituents is 1. The number of hydrogen-bond acceptors (Lipinski definition) is 5. The number of halogens is 1. The molecule has 0 aromatic heterocycles. The Labute approximate surface area is 163 Å². The van der Waals surface area contributed by atoms with E-state index in [2.05, 4.69) is 15.9 Å². The summed E-state index contributed by atoms with van der Waals surface area (Å²) >= 11 is 3.35. The number of sulfone groups is 1. The van der Waals surface area contributed by atoms with Crippen LogP contribution in [0.3, 0.4) is 0 Å². The zero-order valence-corrected chi connectivity index (χ0v) is 16.3. The number of nitrogens with zero attached hydrogens (tertiary/aromatic N) is 3. The van der Waals surface area contributed by atoms with E-state index in [0.29, 0.717) is 11.4 Å². The Hall–Kier alpha value is -2.46. The molecule has 2 fully saturated rings. The van der Waals surface area contributed by atoms with Crippen molar-refractivity contribution in [2.45, 2.75) is 12.1 Å². The molecule has 2 atom stereocenters. The van der Waals surface area contributed by atoms with Gasteiger partial charge in [-0.1, -0.05) is 15.9 Å². The van der Waals surface area contributed by atoms with Crippen molar-refractivity contribution in [1.82, 2.24) is 0 Å². The number of urea groups is 1. The zero-order chi connectivity index (χ0) is 19.3. The highest BCUT2D eigenvalue weighted by Gasteiger charge is 2.54. The first-order chi connectivity index (χ1) is 12.8. The molecule has 2 aromatic carbocycles. The van der Waals surface area contributed by atoms with Crippen LogP contribution >= 0.6 is 15.9 Å². The third kappa shape index (κ3) is 3.08. The van der Waals surface area contributed by atoms with E-state index in [-0.39, 0.29) is 23.2 Å². The number of amides is 2. The first kappa shape index (κ1) is 17.9. The fourth-order valence-electron chi connectivity index (χ4n) is 3.64. The summed E-state index contributed by atoms with van der Waals surface area (Å²) in [5, 5.41) is 10.9. The summed E-state index contributed by atoms with van der Waals surface area (Å²) in [6.07, 6.45) is 0. The van der Waals surface area contributed by atoms with Crippen LogP contribution in [-0.4, -0.2) is 43.0 Å². The molecule has 140 valence electrons. The Kier molecular flexibility index (Phi) is 4.19. The van der Waals surface area contributed by atoms with Crippen LogP contribution in [0.15, 0.2) is 53.0 Å². The number of nitro benzene ring substituents is 1. The van der Waals surface area contributed by atoms with E-state index in [9.17, 15) is 23.3 Å². The molecule has 2 unspecified atom stereocenters. The van der Waals surface area contributed by atoms with Crippen molar-refractivity contribution in [3.63, 3.8) is 0 Å². The molecule has 2 aromatic rings. The van der Waals surface area contributed by atoms with Crippen molar-refractivity contribution < 1.29 is 18.1 Å². The molecule has 2 aliphatic heterocycles. The summed E-state index contributed by atoms with van der Waals surface area (Å²) in [7, 11) is -3.29. The first-order valence-corrected chi connectivity index (χ1v) is 10.7. The highest BCUT2D eigenvalue weighted by molar-refractivity contribution is 9.10. The molecule has 2 aliphatic rings. The van der Waals surface area contributed by atoms with Gasteiger partial charge in [0.1, 0.15) is 0 Å². The number of rotatable bonds is 3. The van der Waals surface area contributed by atoms with Crippen LogP contribution in [0.25, 0.3) is 0 Å². The molecule has 27 heavy (non-hydrogen) atoms. The quantitative estimate of drug-likeness (QED) is 0.405. The fourth-order valence-corrected chi connectivity index (χ4v) is 5.83. The van der Waals surface area contributed by atoms with E-state index in [1.54, 1.807) is 24.3 Å². The van der Waals surface area contributed by atoms with Gasteiger partial charge in [-0.05, 0) is 36.4 Å². The van der Waals surface area contributed by atoms with Crippen molar-refractivity contribution >= 4 is 48.9 Å². The smallest absolute Gasteiger partial charge is 0.288 e. The van der Waals surface area contributed by atoms with Crippen LogP contribution in [0.5, 0.6) is 0 Å². The Morgan fingerprint density at radius 1 is 0.926 bits per heavy atom. The number of benzene rings is 2. The number of hydrogen-bond donors (Lipinski definition) is 0. The summed E-state index contributed by atoms with van der Waals surface area (Å²) in [4.78, 5) is 26.4. The maximum Gasteiger partial charge on any atom is 0.329 e. The standard InChI is InChI=1S/C17H14BrN3O5S/c18-11-1-3-12(4-2-11)19-15-9-27(25,26)10-16(15)20(17(19)22)13-5-7-14(8-6-13)21(23)24/h1-8,15-16H,9-10H2. The minimum Gasteiger partial charge on any atom is -0.288 e. The predicted molar refractivity (Wildman–Crippen MR) is 104 cm³/mol. The molecule has 0 bridgehead atoms. The molecule has 0 aliphatic carbocycles. The van der Waals surface area contributed by atoms with Gasteiger partial charge in [-0.3, -0.25) is 19.9 Å². The van der Waals surface area contributed by atoms with Crippen molar-refractivity contribution in [2.75, 3.05) is 21.3 Å². The lowest BCUT2D eigenvalue weighted by Crippen LogP contribution is -2.37. The van der Waals surface area contributed by atoms with Gasteiger partial charge < -0.3 is 0 Å². The number of fused-ring (bicyclic) bond motifs is 1. The molecule has 2 amide bonds. The van der Waals surface area contributed by atoms with Gasteiger partial charge in [0.2, 0.25) is 0 Å². The monoisotopic (exact) mass is 451 g/mol. The molecular formula is C17H14BrN3O5S. The Morgan fingerprint density at radius 2 is 1.37 bits per heavy atom. The van der Waals surface area contributed by atoms with E-state index in [1.165, 1.54) is 34.1 Å². The highest BCUT2D eigenvalue weighted by atomic mass is 79.9. The number of carbonyl (C=O) groups excluding carboxylic acids is 1. The normalized spacial score (nSPS) is 23.5. The molecule has 0 N–H and O–H groups in total. The molecule has 0 saturated carbocycles. The van der Waals surface area contributed by atoms with Gasteiger partial charge in [-0.2, -0.15) is 0 Å². The summed E-state index contributed by atoms with van der Waals surface area (Å²) in [5.74, 6) is -0.240. The second kappa shape index (κ2) is 6.31. The second-order valence-corrected chi connectivity index (χ2v) is 9.55. The Morgan fingerprint density at radius 3 is 1.81 bits per heavy atom. The van der Waals surface area contributed by atoms with Gasteiger partial charge in [0.15, 0.2) is 9.84 Å². The summed E-state index contributed by atoms with van der Waals surface area (Å²) in [6.45, 7) is 0. The summed E-state index contributed by atoms with van der Waals surface area (Å²) < 4.78 is 25.3. The lowest BCUT2D eigenvalue weighted by molar-refractivity contribution is -0.384. The van der Waals surface area contributed by atoms with Gasteiger partial charge in [0, 0.05) is 28.0 Å². The third-order valence-electron chi connectivity index (χ3n) is 4.81. The SMILES string of the molecule is O=C1N(c2ccc(Br)cc2)C2CS(=O)(=O)CC2N1c1ccc([N+](=O)[O-])cc1. The van der Waals surface area contributed by atoms with E-state index in [4.69, 9.17) is 0 Å². The molecule has 0 radical (unpaired) electrons. The van der Waals surface area contributed by atoms with E-state index < -0.39 is 26.8 Å². The van der Waals surface area contributed by atoms with Crippen LogP contribution in [0.1, 0.15) is 0 Å². The maximum absolute atomic E-state index is 13.1. The van der Waals surface area contributed by atoms with Gasteiger partial charge in [0.25, 0.3) is 5.69 Å². The molecule has 8 nitrogen and oxygen atoms in total. The van der Waals surface area contributed by atoms with E-state index >= 15 is 0 Å². The van der Waals surface area contributed by atoms with Gasteiger partial charge in [0.05, 0.1) is 28.5 Å². The van der Waals surface area contributed by atoms with Crippen LogP contribution in [0, 0.1) is 10.1 Å². The molecule has 2 saturated heterocycles. The number of carbonyl (C=O) groups is 1. The summed E-state index contributed by atoms with van der Waals surface area (Å²) in [6, 6.07) is 11.3. The number of anilines is 2. The highest BCUT2D eigenvalue weighted by Crippen LogP contribution is 2.38. The average Bonchev–Trinajstić information content (AvgIpc) is 3.05. The van der Waals surface area contributed by atoms with Crippen LogP contribution in [-0.2, 0) is 9.84 Å². The minimum absolute atomic E-state index is 0.0919. The maximum atomic E-state index is 13.1. The third-order valence-corrected chi connectivity index (χ3v) is 7.04. The average molecular weight is 452 g/mol. The molecule has 4 rings (SSSR count). The molecule has 10 heteroatoms. The van der Waals surface area contributed by atoms with Gasteiger partial charge in [-0.15, -0.1) is 0 Å². The number of nitro groups is 1. The topological polar surface area (TPSA) is 101 Å². The van der Waals surface area contributed by atoms with Crippen molar-refractivity contribution in [3.05, 3.63) is 63.1 Å². The molecule has 0 spiro atoms. The Balaban J connectivity index is 1.76. The van der Waals surface area contributed by atoms with E-state index in [1.807, 2.05) is 0 Å². The molecule has 2 heterocycles. The van der Waals surface area contributed by atoms with E-state index in [0.717, 1.165) is 4.47 Å². The van der Waals surface area contributed by atoms with Crippen molar-refractivity contribution in [3.8, 4) is 0 Å². The minimum atomic E-state index is -3.29. The van der Waals surface area contributed by atoms with Crippen molar-refractivity contribution in [2.24, 2.45) is 0 Å². The van der Waals surface area contributed by atoms with Gasteiger partial charge in [-0.25, -0.2) is 13.2 Å².